The van der Waals surface area contributed by atoms with Gasteiger partial charge >= 0.3 is 6.09 Å². The van der Waals surface area contributed by atoms with Crippen LogP contribution in [0.4, 0.5) is 4.79 Å². The number of ether oxygens (including phenoxy) is 2. The molecule has 1 amide bonds. The van der Waals surface area contributed by atoms with Crippen LogP contribution in [-0.2, 0) is 9.47 Å². The van der Waals surface area contributed by atoms with Crippen molar-refractivity contribution in [3.05, 3.63) is 0 Å². The fraction of sp³-hybridized carbons (Fsp3) is 0.933. The van der Waals surface area contributed by atoms with E-state index in [0.29, 0.717) is 12.1 Å². The van der Waals surface area contributed by atoms with Gasteiger partial charge in [0.05, 0.1) is 6.10 Å². The predicted octanol–water partition coefficient (Wildman–Crippen LogP) is 2.45. The Morgan fingerprint density at radius 2 is 2.15 bits per heavy atom. The van der Waals surface area contributed by atoms with Crippen molar-refractivity contribution < 1.29 is 14.3 Å². The zero-order chi connectivity index (χ0) is 15.2. The molecule has 0 aromatic carbocycles. The molecule has 1 aliphatic rings. The van der Waals surface area contributed by atoms with Gasteiger partial charge in [-0.05, 0) is 60.4 Å². The largest absolute Gasteiger partial charge is 0.444 e. The molecule has 1 rings (SSSR count). The van der Waals surface area contributed by atoms with E-state index in [-0.39, 0.29) is 12.1 Å². The molecule has 0 spiro atoms. The maximum absolute atomic E-state index is 11.6. The summed E-state index contributed by atoms with van der Waals surface area (Å²) in [6.07, 6.45) is 3.03. The fourth-order valence-electron chi connectivity index (χ4n) is 2.27. The molecule has 1 heterocycles. The quantitative estimate of drug-likeness (QED) is 0.815. The van der Waals surface area contributed by atoms with Crippen molar-refractivity contribution in [1.82, 2.24) is 10.6 Å². The summed E-state index contributed by atoms with van der Waals surface area (Å²) in [5.74, 6) is 0. The third-order valence-electron chi connectivity index (χ3n) is 3.26. The van der Waals surface area contributed by atoms with Crippen molar-refractivity contribution in [1.29, 1.82) is 0 Å². The Labute approximate surface area is 122 Å². The van der Waals surface area contributed by atoms with Crippen LogP contribution in [0.1, 0.15) is 53.9 Å². The molecular formula is C15H30N2O3. The van der Waals surface area contributed by atoms with Crippen LogP contribution in [0.2, 0.25) is 0 Å². The second kappa shape index (κ2) is 7.84. The Bertz CT molecular complexity index is 302. The third-order valence-corrected chi connectivity index (χ3v) is 3.26. The summed E-state index contributed by atoms with van der Waals surface area (Å²) in [5.41, 5.74) is -0.444. The lowest BCUT2D eigenvalue weighted by Crippen LogP contribution is -2.42. The molecule has 3 atom stereocenters. The van der Waals surface area contributed by atoms with Crippen LogP contribution in [0, 0.1) is 0 Å². The minimum atomic E-state index is -0.444. The number of alkyl carbamates (subject to hydrolysis) is 1. The molecule has 118 valence electrons. The second-order valence-electron chi connectivity index (χ2n) is 6.69. The first kappa shape index (κ1) is 17.2. The van der Waals surface area contributed by atoms with Crippen molar-refractivity contribution in [2.75, 3.05) is 13.2 Å². The number of carbonyl (C=O) groups is 1. The molecule has 0 aliphatic carbocycles. The molecule has 0 radical (unpaired) electrons. The van der Waals surface area contributed by atoms with Gasteiger partial charge in [-0.3, -0.25) is 0 Å². The van der Waals surface area contributed by atoms with Gasteiger partial charge in [0.15, 0.2) is 0 Å². The highest BCUT2D eigenvalue weighted by Gasteiger charge is 2.20. The maximum Gasteiger partial charge on any atom is 0.407 e. The number of carbonyl (C=O) groups excluding carboxylic acids is 1. The number of hydrogen-bond donors (Lipinski definition) is 2. The summed E-state index contributed by atoms with van der Waals surface area (Å²) in [7, 11) is 0. The summed E-state index contributed by atoms with van der Waals surface area (Å²) in [5, 5.41) is 6.39. The van der Waals surface area contributed by atoms with Crippen molar-refractivity contribution in [3.63, 3.8) is 0 Å². The summed E-state index contributed by atoms with van der Waals surface area (Å²) in [6.45, 7) is 11.4. The van der Waals surface area contributed by atoms with Crippen LogP contribution in [0.15, 0.2) is 0 Å². The summed E-state index contributed by atoms with van der Waals surface area (Å²) < 4.78 is 10.8. The average molecular weight is 286 g/mol. The van der Waals surface area contributed by atoms with E-state index in [0.717, 1.165) is 32.4 Å². The van der Waals surface area contributed by atoms with Crippen molar-refractivity contribution in [2.45, 2.75) is 77.7 Å². The van der Waals surface area contributed by atoms with Crippen LogP contribution in [0.25, 0.3) is 0 Å². The lowest BCUT2D eigenvalue weighted by Gasteiger charge is -2.28. The van der Waals surface area contributed by atoms with E-state index in [2.05, 4.69) is 17.6 Å². The number of nitrogens with one attached hydrogen (secondary N) is 2. The van der Waals surface area contributed by atoms with Gasteiger partial charge in [0, 0.05) is 18.7 Å². The van der Waals surface area contributed by atoms with Gasteiger partial charge in [0.25, 0.3) is 0 Å². The zero-order valence-electron chi connectivity index (χ0n) is 13.5. The minimum absolute atomic E-state index is 0.106. The van der Waals surface area contributed by atoms with Crippen molar-refractivity contribution in [2.24, 2.45) is 0 Å². The van der Waals surface area contributed by atoms with Gasteiger partial charge in [-0.1, -0.05) is 0 Å². The molecule has 0 saturated carbocycles. The Morgan fingerprint density at radius 1 is 1.45 bits per heavy atom. The molecule has 1 fully saturated rings. The van der Waals surface area contributed by atoms with Crippen molar-refractivity contribution >= 4 is 6.09 Å². The normalized spacial score (nSPS) is 25.1. The van der Waals surface area contributed by atoms with E-state index in [1.165, 1.54) is 0 Å². The van der Waals surface area contributed by atoms with Gasteiger partial charge in [0.1, 0.15) is 5.60 Å². The highest BCUT2D eigenvalue weighted by molar-refractivity contribution is 5.67. The third kappa shape index (κ3) is 7.70. The number of amides is 1. The lowest BCUT2D eigenvalue weighted by atomic mass is 10.0. The molecule has 0 aromatic rings. The van der Waals surface area contributed by atoms with E-state index in [4.69, 9.17) is 9.47 Å². The van der Waals surface area contributed by atoms with E-state index in [1.54, 1.807) is 0 Å². The van der Waals surface area contributed by atoms with Crippen molar-refractivity contribution in [3.8, 4) is 0 Å². The Hall–Kier alpha value is -0.810. The highest BCUT2D eigenvalue weighted by Crippen LogP contribution is 2.13. The lowest BCUT2D eigenvalue weighted by molar-refractivity contribution is 0.0133. The molecular weight excluding hydrogens is 256 g/mol. The first-order valence-corrected chi connectivity index (χ1v) is 7.61. The standard InChI is InChI=1S/C15H30N2O3/c1-11(17-14(18)20-15(3,4)5)6-8-16-13-7-9-19-12(2)10-13/h11-13,16H,6-10H2,1-5H3,(H,17,18). The van der Waals surface area contributed by atoms with Gasteiger partial charge in [-0.2, -0.15) is 0 Å². The average Bonchev–Trinajstić information content (AvgIpc) is 2.25. The molecule has 1 saturated heterocycles. The molecule has 2 N–H and O–H groups in total. The van der Waals surface area contributed by atoms with E-state index in [1.807, 2.05) is 27.7 Å². The molecule has 5 heteroatoms. The molecule has 20 heavy (non-hydrogen) atoms. The first-order chi connectivity index (χ1) is 9.26. The molecule has 0 aromatic heterocycles. The van der Waals surface area contributed by atoms with Gasteiger partial charge in [-0.15, -0.1) is 0 Å². The molecule has 0 bridgehead atoms. The fourth-order valence-corrected chi connectivity index (χ4v) is 2.27. The number of hydrogen-bond acceptors (Lipinski definition) is 4. The maximum atomic E-state index is 11.6. The Kier molecular flexibility index (Phi) is 6.76. The number of rotatable bonds is 5. The SMILES string of the molecule is CC(CCNC1CCOC(C)C1)NC(=O)OC(C)(C)C. The van der Waals surface area contributed by atoms with Crippen LogP contribution < -0.4 is 10.6 Å². The smallest absolute Gasteiger partial charge is 0.407 e. The van der Waals surface area contributed by atoms with Crippen LogP contribution in [0.3, 0.4) is 0 Å². The molecule has 3 unspecified atom stereocenters. The van der Waals surface area contributed by atoms with E-state index in [9.17, 15) is 4.79 Å². The van der Waals surface area contributed by atoms with Gasteiger partial charge in [-0.25, -0.2) is 4.79 Å². The van der Waals surface area contributed by atoms with Gasteiger partial charge < -0.3 is 20.1 Å². The zero-order valence-corrected chi connectivity index (χ0v) is 13.5. The molecule has 5 nitrogen and oxygen atoms in total. The highest BCUT2D eigenvalue weighted by atomic mass is 16.6. The monoisotopic (exact) mass is 286 g/mol. The van der Waals surface area contributed by atoms with Crippen LogP contribution >= 0.6 is 0 Å². The summed E-state index contributed by atoms with van der Waals surface area (Å²) >= 11 is 0. The Balaban J connectivity index is 2.13. The second-order valence-corrected chi connectivity index (χ2v) is 6.69. The van der Waals surface area contributed by atoms with E-state index < -0.39 is 5.60 Å². The van der Waals surface area contributed by atoms with E-state index >= 15 is 0 Å². The summed E-state index contributed by atoms with van der Waals surface area (Å²) in [6, 6.07) is 0.641. The minimum Gasteiger partial charge on any atom is -0.444 e. The first-order valence-electron chi connectivity index (χ1n) is 7.61. The van der Waals surface area contributed by atoms with Crippen LogP contribution in [0.5, 0.6) is 0 Å². The van der Waals surface area contributed by atoms with Crippen LogP contribution in [-0.4, -0.2) is 43.0 Å². The summed E-state index contributed by atoms with van der Waals surface area (Å²) in [4.78, 5) is 11.6. The molecule has 1 aliphatic heterocycles. The van der Waals surface area contributed by atoms with Gasteiger partial charge in [0.2, 0.25) is 0 Å². The topological polar surface area (TPSA) is 59.6 Å². The predicted molar refractivity (Wildman–Crippen MR) is 79.9 cm³/mol. The Morgan fingerprint density at radius 3 is 2.75 bits per heavy atom.